The highest BCUT2D eigenvalue weighted by atomic mass is 16.5. The molecule has 0 radical (unpaired) electrons. The van der Waals surface area contributed by atoms with Gasteiger partial charge in [0, 0.05) is 37.8 Å². The average Bonchev–Trinajstić information content (AvgIpc) is 3.15. The maximum absolute atomic E-state index is 12.8. The van der Waals surface area contributed by atoms with E-state index >= 15 is 0 Å². The van der Waals surface area contributed by atoms with Crippen LogP contribution in [0.15, 0.2) is 0 Å². The Bertz CT molecular complexity index is 341. The molecule has 3 aliphatic rings. The van der Waals surface area contributed by atoms with E-state index in [4.69, 9.17) is 4.74 Å². The highest BCUT2D eigenvalue weighted by Crippen LogP contribution is 2.32. The summed E-state index contributed by atoms with van der Waals surface area (Å²) in [5, 5.41) is 0. The summed E-state index contributed by atoms with van der Waals surface area (Å²) in [6.07, 6.45) is 6.81. The third-order valence-corrected chi connectivity index (χ3v) is 5.42. The largest absolute Gasteiger partial charge is 0.381 e. The van der Waals surface area contributed by atoms with Crippen LogP contribution in [0.3, 0.4) is 0 Å². The van der Waals surface area contributed by atoms with Gasteiger partial charge >= 0.3 is 0 Å². The van der Waals surface area contributed by atoms with Gasteiger partial charge in [0.15, 0.2) is 0 Å². The van der Waals surface area contributed by atoms with Crippen molar-refractivity contribution in [3.8, 4) is 0 Å². The summed E-state index contributed by atoms with van der Waals surface area (Å²) in [4.78, 5) is 17.6. The first-order valence-corrected chi connectivity index (χ1v) is 8.43. The first-order valence-electron chi connectivity index (χ1n) is 8.43. The van der Waals surface area contributed by atoms with Crippen LogP contribution in [0.25, 0.3) is 0 Å². The van der Waals surface area contributed by atoms with Crippen LogP contribution in [0.1, 0.15) is 45.4 Å². The molecular formula is C16H28N2O2. The predicted octanol–water partition coefficient (Wildman–Crippen LogP) is 1.89. The molecule has 2 atom stereocenters. The van der Waals surface area contributed by atoms with Crippen molar-refractivity contribution in [3.63, 3.8) is 0 Å². The molecule has 0 spiro atoms. The van der Waals surface area contributed by atoms with E-state index in [2.05, 4.69) is 16.7 Å². The van der Waals surface area contributed by atoms with E-state index in [1.54, 1.807) is 0 Å². The molecule has 2 unspecified atom stereocenters. The highest BCUT2D eigenvalue weighted by molar-refractivity contribution is 5.79. The summed E-state index contributed by atoms with van der Waals surface area (Å²) in [5.74, 6) is 0.639. The number of carbonyl (C=O) groups is 1. The molecule has 0 bridgehead atoms. The van der Waals surface area contributed by atoms with Gasteiger partial charge in [-0.25, -0.2) is 0 Å². The van der Waals surface area contributed by atoms with Crippen molar-refractivity contribution in [3.05, 3.63) is 0 Å². The number of amides is 1. The van der Waals surface area contributed by atoms with Crippen molar-refractivity contribution in [2.75, 3.05) is 32.8 Å². The van der Waals surface area contributed by atoms with E-state index in [0.29, 0.717) is 18.0 Å². The van der Waals surface area contributed by atoms with Gasteiger partial charge in [-0.15, -0.1) is 0 Å². The standard InChI is InChI=1S/C16H28N2O2/c1-2-17-9-3-5-14(17)15-6-4-10-18(15)16(19)13-7-11-20-12-8-13/h13-15H,2-12H2,1H3. The van der Waals surface area contributed by atoms with Crippen LogP contribution in [0, 0.1) is 5.92 Å². The summed E-state index contributed by atoms with van der Waals surface area (Å²) < 4.78 is 5.39. The molecule has 0 saturated carbocycles. The molecule has 3 heterocycles. The Morgan fingerprint density at radius 1 is 1.05 bits per heavy atom. The Balaban J connectivity index is 1.66. The predicted molar refractivity (Wildman–Crippen MR) is 78.5 cm³/mol. The van der Waals surface area contributed by atoms with Crippen LogP contribution in [0.5, 0.6) is 0 Å². The van der Waals surface area contributed by atoms with Crippen LogP contribution in [0.2, 0.25) is 0 Å². The molecule has 0 aromatic carbocycles. The topological polar surface area (TPSA) is 32.8 Å². The summed E-state index contributed by atoms with van der Waals surface area (Å²) in [5.41, 5.74) is 0. The molecule has 0 N–H and O–H groups in total. The first kappa shape index (κ1) is 14.3. The fraction of sp³-hybridized carbons (Fsp3) is 0.938. The minimum atomic E-state index is 0.223. The van der Waals surface area contributed by atoms with Gasteiger partial charge in [0.25, 0.3) is 0 Å². The molecule has 4 nitrogen and oxygen atoms in total. The van der Waals surface area contributed by atoms with Crippen molar-refractivity contribution in [2.45, 2.75) is 57.5 Å². The molecule has 0 aromatic rings. The molecule has 3 saturated heterocycles. The molecule has 114 valence electrons. The maximum atomic E-state index is 12.8. The molecule has 0 aromatic heterocycles. The number of rotatable bonds is 3. The third kappa shape index (κ3) is 2.73. The van der Waals surface area contributed by atoms with Crippen LogP contribution < -0.4 is 0 Å². The normalized spacial score (nSPS) is 33.0. The Labute approximate surface area is 122 Å². The zero-order chi connectivity index (χ0) is 13.9. The lowest BCUT2D eigenvalue weighted by atomic mass is 9.96. The summed E-state index contributed by atoms with van der Waals surface area (Å²) in [7, 11) is 0. The minimum Gasteiger partial charge on any atom is -0.381 e. The fourth-order valence-electron chi connectivity index (χ4n) is 4.33. The van der Waals surface area contributed by atoms with E-state index in [1.807, 2.05) is 0 Å². The Kier molecular flexibility index (Phi) is 4.61. The Morgan fingerprint density at radius 2 is 1.75 bits per heavy atom. The zero-order valence-electron chi connectivity index (χ0n) is 12.7. The van der Waals surface area contributed by atoms with E-state index in [9.17, 15) is 4.79 Å². The highest BCUT2D eigenvalue weighted by Gasteiger charge is 2.40. The van der Waals surface area contributed by atoms with E-state index < -0.39 is 0 Å². The van der Waals surface area contributed by atoms with Crippen molar-refractivity contribution in [2.24, 2.45) is 5.92 Å². The summed E-state index contributed by atoms with van der Waals surface area (Å²) in [6, 6.07) is 1.10. The number of ether oxygens (including phenoxy) is 1. The van der Waals surface area contributed by atoms with Crippen molar-refractivity contribution >= 4 is 5.91 Å². The molecule has 3 rings (SSSR count). The van der Waals surface area contributed by atoms with Gasteiger partial charge in [-0.3, -0.25) is 9.69 Å². The van der Waals surface area contributed by atoms with Crippen LogP contribution in [-0.2, 0) is 9.53 Å². The fourth-order valence-corrected chi connectivity index (χ4v) is 4.33. The molecule has 0 aliphatic carbocycles. The second-order valence-electron chi connectivity index (χ2n) is 6.47. The zero-order valence-corrected chi connectivity index (χ0v) is 12.7. The van der Waals surface area contributed by atoms with Crippen molar-refractivity contribution < 1.29 is 9.53 Å². The van der Waals surface area contributed by atoms with E-state index in [1.165, 1.54) is 32.2 Å². The van der Waals surface area contributed by atoms with Gasteiger partial charge in [0.05, 0.1) is 0 Å². The quantitative estimate of drug-likeness (QED) is 0.791. The van der Waals surface area contributed by atoms with Crippen LogP contribution in [-0.4, -0.2) is 60.6 Å². The van der Waals surface area contributed by atoms with Gasteiger partial charge < -0.3 is 9.64 Å². The summed E-state index contributed by atoms with van der Waals surface area (Å²) in [6.45, 7) is 7.10. The first-order chi connectivity index (χ1) is 9.81. The second kappa shape index (κ2) is 6.44. The van der Waals surface area contributed by atoms with Crippen LogP contribution in [0.4, 0.5) is 0 Å². The third-order valence-electron chi connectivity index (χ3n) is 5.42. The van der Waals surface area contributed by atoms with Gasteiger partial charge in [-0.2, -0.15) is 0 Å². The molecule has 3 aliphatic heterocycles. The number of carbonyl (C=O) groups excluding carboxylic acids is 1. The average molecular weight is 280 g/mol. The molecule has 4 heteroatoms. The Hall–Kier alpha value is -0.610. The Morgan fingerprint density at radius 3 is 2.50 bits per heavy atom. The van der Waals surface area contributed by atoms with E-state index in [0.717, 1.165) is 39.1 Å². The molecular weight excluding hydrogens is 252 g/mol. The van der Waals surface area contributed by atoms with Crippen molar-refractivity contribution in [1.82, 2.24) is 9.80 Å². The number of likely N-dealkylation sites (tertiary alicyclic amines) is 2. The van der Waals surface area contributed by atoms with Gasteiger partial charge in [0.1, 0.15) is 0 Å². The number of hydrogen-bond acceptors (Lipinski definition) is 3. The molecule has 20 heavy (non-hydrogen) atoms. The number of hydrogen-bond donors (Lipinski definition) is 0. The molecule has 3 fully saturated rings. The van der Waals surface area contributed by atoms with Crippen molar-refractivity contribution in [1.29, 1.82) is 0 Å². The second-order valence-corrected chi connectivity index (χ2v) is 6.47. The lowest BCUT2D eigenvalue weighted by Crippen LogP contribution is -2.50. The SMILES string of the molecule is CCN1CCCC1C1CCCN1C(=O)C1CCOCC1. The lowest BCUT2D eigenvalue weighted by Gasteiger charge is -2.36. The number of likely N-dealkylation sites (N-methyl/N-ethyl adjacent to an activating group) is 1. The van der Waals surface area contributed by atoms with Gasteiger partial charge in [0.2, 0.25) is 5.91 Å². The van der Waals surface area contributed by atoms with Gasteiger partial charge in [-0.05, 0) is 51.6 Å². The van der Waals surface area contributed by atoms with Gasteiger partial charge in [-0.1, -0.05) is 6.92 Å². The molecule has 1 amide bonds. The maximum Gasteiger partial charge on any atom is 0.226 e. The lowest BCUT2D eigenvalue weighted by molar-refractivity contribution is -0.140. The monoisotopic (exact) mass is 280 g/mol. The number of nitrogens with zero attached hydrogens (tertiary/aromatic N) is 2. The van der Waals surface area contributed by atoms with E-state index in [-0.39, 0.29) is 5.92 Å². The smallest absolute Gasteiger partial charge is 0.226 e. The summed E-state index contributed by atoms with van der Waals surface area (Å²) >= 11 is 0. The van der Waals surface area contributed by atoms with Crippen LogP contribution >= 0.6 is 0 Å². The minimum absolute atomic E-state index is 0.223.